The highest BCUT2D eigenvalue weighted by molar-refractivity contribution is 6.01. The van der Waals surface area contributed by atoms with E-state index < -0.39 is 34.5 Å². The first kappa shape index (κ1) is 17.5. The first-order valence-corrected chi connectivity index (χ1v) is 7.87. The number of carboxylic acids is 1. The van der Waals surface area contributed by atoms with Gasteiger partial charge >= 0.3 is 5.97 Å². The van der Waals surface area contributed by atoms with E-state index in [0.29, 0.717) is 12.8 Å². The Bertz CT molecular complexity index is 959. The second-order valence-electron chi connectivity index (χ2n) is 5.89. The number of amides is 1. The first-order chi connectivity index (χ1) is 12.4. The van der Waals surface area contributed by atoms with Crippen LogP contribution in [0.4, 0.5) is 11.4 Å². The molecule has 1 amide bonds. The number of carbonyl (C=O) groups is 2. The highest BCUT2D eigenvalue weighted by atomic mass is 16.5. The van der Waals surface area contributed by atoms with Gasteiger partial charge in [-0.3, -0.25) is 14.4 Å². The minimum Gasteiger partial charge on any atom is -0.505 e. The van der Waals surface area contributed by atoms with E-state index in [9.17, 15) is 29.4 Å². The summed E-state index contributed by atoms with van der Waals surface area (Å²) in [6, 6.07) is 3.31. The highest BCUT2D eigenvalue weighted by Crippen LogP contribution is 2.33. The fourth-order valence-electron chi connectivity index (χ4n) is 3.05. The molecule has 1 aliphatic rings. The van der Waals surface area contributed by atoms with Crippen LogP contribution in [0.1, 0.15) is 23.2 Å². The first-order valence-electron chi connectivity index (χ1n) is 7.87. The molecule has 3 rings (SSSR count). The fraction of sp³-hybridized carbons (Fsp3) is 0.294. The van der Waals surface area contributed by atoms with E-state index in [1.54, 1.807) is 0 Å². The van der Waals surface area contributed by atoms with Crippen molar-refractivity contribution >= 4 is 23.3 Å². The summed E-state index contributed by atoms with van der Waals surface area (Å²) in [5, 5.41) is 22.2. The van der Waals surface area contributed by atoms with Crippen LogP contribution >= 0.6 is 0 Å². The Morgan fingerprint density at radius 1 is 1.27 bits per heavy atom. The molecule has 1 fully saturated rings. The van der Waals surface area contributed by atoms with Gasteiger partial charge in [0.05, 0.1) is 18.4 Å². The minimum absolute atomic E-state index is 0.0346. The van der Waals surface area contributed by atoms with Crippen molar-refractivity contribution in [2.24, 2.45) is 0 Å². The second kappa shape index (κ2) is 6.51. The third-order valence-electron chi connectivity index (χ3n) is 4.40. The van der Waals surface area contributed by atoms with Crippen molar-refractivity contribution in [2.45, 2.75) is 18.9 Å². The Balaban J connectivity index is 1.91. The summed E-state index contributed by atoms with van der Waals surface area (Å²) in [7, 11) is 1.24. The summed E-state index contributed by atoms with van der Waals surface area (Å²) < 4.78 is 4.82. The van der Waals surface area contributed by atoms with E-state index in [2.05, 4.69) is 5.32 Å². The largest absolute Gasteiger partial charge is 0.505 e. The van der Waals surface area contributed by atoms with Gasteiger partial charge in [-0.1, -0.05) is 6.07 Å². The zero-order valence-corrected chi connectivity index (χ0v) is 13.8. The Morgan fingerprint density at radius 2 is 2.00 bits per heavy atom. The number of ether oxygens (including phenoxy) is 1. The number of nitrogens with one attached hydrogen (secondary N) is 1. The summed E-state index contributed by atoms with van der Waals surface area (Å²) in [4.78, 5) is 48.1. The number of nitrogens with zero attached hydrogens (tertiary/aromatic N) is 1. The van der Waals surface area contributed by atoms with Crippen LogP contribution in [-0.4, -0.2) is 46.7 Å². The van der Waals surface area contributed by atoms with E-state index in [1.165, 1.54) is 30.2 Å². The molecular weight excluding hydrogens is 344 g/mol. The van der Waals surface area contributed by atoms with E-state index in [4.69, 9.17) is 4.74 Å². The average molecular weight is 360 g/mol. The number of hydrogen-bond donors (Lipinski definition) is 3. The lowest BCUT2D eigenvalue weighted by Crippen LogP contribution is -2.40. The Morgan fingerprint density at radius 3 is 2.65 bits per heavy atom. The molecule has 2 aromatic carbocycles. The normalized spacial score (nSPS) is 16.7. The maximum Gasteiger partial charge on any atom is 0.326 e. The number of likely N-dealkylation sites (tertiary alicyclic amines) is 1. The SMILES string of the molecule is COc1c(Nc2cccc(C(=O)N3CCC[C@@H]3C(=O)O)c2O)c(=O)c1=O. The molecule has 0 bridgehead atoms. The standard InChI is InChI=1S/C17H16N2O7/c1-26-15-11(13(21)14(15)22)18-9-5-2-4-8(12(9)20)16(23)19-7-3-6-10(19)17(24)25/h2,4-5,10,18,20H,3,6-7H2,1H3,(H,24,25)/t10-/m1/s1. The number of phenols is 1. The summed E-state index contributed by atoms with van der Waals surface area (Å²) in [6.07, 6.45) is 0.905. The molecule has 1 saturated heterocycles. The van der Waals surface area contributed by atoms with Crippen LogP contribution in [0.3, 0.4) is 0 Å². The summed E-state index contributed by atoms with van der Waals surface area (Å²) in [6.45, 7) is 0.277. The average Bonchev–Trinajstić information content (AvgIpc) is 3.12. The van der Waals surface area contributed by atoms with Crippen LogP contribution in [-0.2, 0) is 4.79 Å². The molecule has 0 aliphatic carbocycles. The fourth-order valence-corrected chi connectivity index (χ4v) is 3.05. The number of hydrogen-bond acceptors (Lipinski definition) is 7. The maximum absolute atomic E-state index is 12.7. The van der Waals surface area contributed by atoms with Crippen molar-refractivity contribution in [3.05, 3.63) is 44.2 Å². The number of rotatable bonds is 5. The van der Waals surface area contributed by atoms with E-state index >= 15 is 0 Å². The summed E-state index contributed by atoms with van der Waals surface area (Å²) in [5.41, 5.74) is -1.73. The van der Waals surface area contributed by atoms with Crippen molar-refractivity contribution in [3.8, 4) is 11.5 Å². The van der Waals surface area contributed by atoms with Gasteiger partial charge in [-0.15, -0.1) is 0 Å². The highest BCUT2D eigenvalue weighted by Gasteiger charge is 2.35. The van der Waals surface area contributed by atoms with Crippen LogP contribution in [0.25, 0.3) is 0 Å². The van der Waals surface area contributed by atoms with Gasteiger partial charge in [0.2, 0.25) is 0 Å². The van der Waals surface area contributed by atoms with Crippen LogP contribution < -0.4 is 20.9 Å². The number of carboxylic acid groups (broad SMARTS) is 1. The second-order valence-corrected chi connectivity index (χ2v) is 5.89. The van der Waals surface area contributed by atoms with E-state index in [0.717, 1.165) is 0 Å². The third kappa shape index (κ3) is 2.67. The van der Waals surface area contributed by atoms with Crippen LogP contribution in [0, 0.1) is 0 Å². The molecule has 0 radical (unpaired) electrons. The van der Waals surface area contributed by atoms with E-state index in [-0.39, 0.29) is 29.2 Å². The molecule has 1 aliphatic heterocycles. The molecule has 3 N–H and O–H groups in total. The molecule has 0 aromatic heterocycles. The number of carbonyl (C=O) groups excluding carboxylic acids is 1. The van der Waals surface area contributed by atoms with E-state index in [1.807, 2.05) is 0 Å². The van der Waals surface area contributed by atoms with Crippen LogP contribution in [0.2, 0.25) is 0 Å². The van der Waals surface area contributed by atoms with Gasteiger partial charge in [0, 0.05) is 6.54 Å². The molecule has 9 nitrogen and oxygen atoms in total. The zero-order valence-electron chi connectivity index (χ0n) is 13.8. The number of phenolic OH excluding ortho intramolecular Hbond substituents is 1. The molecule has 1 heterocycles. The van der Waals surface area contributed by atoms with Crippen LogP contribution in [0.5, 0.6) is 11.5 Å². The molecule has 1 atom stereocenters. The van der Waals surface area contributed by atoms with Gasteiger partial charge in [0.15, 0.2) is 11.5 Å². The predicted octanol–water partition coefficient (Wildman–Crippen LogP) is 0.430. The molecule has 0 unspecified atom stereocenters. The third-order valence-corrected chi connectivity index (χ3v) is 4.40. The van der Waals surface area contributed by atoms with Crippen molar-refractivity contribution < 1.29 is 24.5 Å². The predicted molar refractivity (Wildman–Crippen MR) is 91.0 cm³/mol. The number of aliphatic carboxylic acids is 1. The van der Waals surface area contributed by atoms with Crippen LogP contribution in [0.15, 0.2) is 27.8 Å². The molecule has 136 valence electrons. The molecule has 26 heavy (non-hydrogen) atoms. The maximum atomic E-state index is 12.7. The number of benzene rings is 1. The molecule has 2 aromatic rings. The lowest BCUT2D eigenvalue weighted by Gasteiger charge is -2.22. The lowest BCUT2D eigenvalue weighted by atomic mass is 10.1. The number of methoxy groups -OCH3 is 1. The Kier molecular flexibility index (Phi) is 4.37. The summed E-state index contributed by atoms with van der Waals surface area (Å²) in [5.74, 6) is -2.31. The smallest absolute Gasteiger partial charge is 0.326 e. The molecule has 9 heteroatoms. The summed E-state index contributed by atoms with van der Waals surface area (Å²) >= 11 is 0. The molecular formula is C17H16N2O7. The minimum atomic E-state index is -1.10. The number of anilines is 2. The Hall–Kier alpha value is -3.36. The van der Waals surface area contributed by atoms with Gasteiger partial charge in [-0.2, -0.15) is 0 Å². The van der Waals surface area contributed by atoms with Crippen molar-refractivity contribution in [3.63, 3.8) is 0 Å². The number of para-hydroxylation sites is 1. The molecule has 0 saturated carbocycles. The zero-order chi connectivity index (χ0) is 19.0. The lowest BCUT2D eigenvalue weighted by molar-refractivity contribution is -0.141. The van der Waals surface area contributed by atoms with Gasteiger partial charge in [0.25, 0.3) is 16.8 Å². The molecule has 0 spiro atoms. The number of aromatic hydroxyl groups is 1. The topological polar surface area (TPSA) is 133 Å². The van der Waals surface area contributed by atoms with Crippen molar-refractivity contribution in [1.29, 1.82) is 0 Å². The van der Waals surface area contributed by atoms with Gasteiger partial charge in [-0.05, 0) is 25.0 Å². The van der Waals surface area contributed by atoms with Crippen molar-refractivity contribution in [1.82, 2.24) is 4.90 Å². The van der Waals surface area contributed by atoms with Gasteiger partial charge in [-0.25, -0.2) is 4.79 Å². The van der Waals surface area contributed by atoms with Gasteiger partial charge in [0.1, 0.15) is 11.7 Å². The monoisotopic (exact) mass is 360 g/mol. The van der Waals surface area contributed by atoms with Gasteiger partial charge < -0.3 is 25.2 Å². The quantitative estimate of drug-likeness (QED) is 0.516. The Labute approximate surface area is 147 Å². The van der Waals surface area contributed by atoms with Crippen molar-refractivity contribution in [2.75, 3.05) is 19.0 Å².